The third kappa shape index (κ3) is 2.72. The molecule has 1 atom stereocenters. The van der Waals surface area contributed by atoms with E-state index in [9.17, 15) is 4.79 Å². The van der Waals surface area contributed by atoms with Crippen LogP contribution >= 0.6 is 11.8 Å². The lowest BCUT2D eigenvalue weighted by molar-refractivity contribution is -0.119. The maximum absolute atomic E-state index is 12.8. The van der Waals surface area contributed by atoms with Crippen molar-refractivity contribution in [1.29, 1.82) is 0 Å². The fourth-order valence-corrected chi connectivity index (χ4v) is 3.82. The molecule has 23 heavy (non-hydrogen) atoms. The highest BCUT2D eigenvalue weighted by molar-refractivity contribution is 8.00. The average molecular weight is 328 g/mol. The molecule has 4 rings (SSSR count). The maximum atomic E-state index is 12.8. The number of oxazole rings is 1. The number of carbonyl (C=O) groups is 1. The van der Waals surface area contributed by atoms with Gasteiger partial charge >= 0.3 is 0 Å². The molecule has 0 saturated carbocycles. The average Bonchev–Trinajstić information content (AvgIpc) is 3.15. The summed E-state index contributed by atoms with van der Waals surface area (Å²) in [5, 5.41) is 4.53. The molecule has 118 valence electrons. The number of benzene rings is 1. The summed E-state index contributed by atoms with van der Waals surface area (Å²) in [5.41, 5.74) is 2.42. The summed E-state index contributed by atoms with van der Waals surface area (Å²) in [6.45, 7) is 0.731. The Kier molecular flexibility index (Phi) is 3.57. The minimum atomic E-state index is -0.169. The first-order chi connectivity index (χ1) is 11.2. The molecule has 1 saturated heterocycles. The maximum Gasteiger partial charge on any atom is 0.257 e. The fraction of sp³-hybridized carbons (Fsp3) is 0.312. The Bertz CT molecular complexity index is 824. The molecule has 7 heteroatoms. The minimum Gasteiger partial charge on any atom is -0.431 e. The second-order valence-electron chi connectivity index (χ2n) is 5.56. The molecule has 1 aliphatic heterocycles. The normalized spacial score (nSPS) is 18.7. The molecule has 0 bridgehead atoms. The predicted molar refractivity (Wildman–Crippen MR) is 88.4 cm³/mol. The van der Waals surface area contributed by atoms with E-state index in [2.05, 4.69) is 10.1 Å². The van der Waals surface area contributed by atoms with Crippen molar-refractivity contribution in [3.63, 3.8) is 0 Å². The van der Waals surface area contributed by atoms with E-state index in [0.29, 0.717) is 5.22 Å². The number of hydrogen-bond donors (Lipinski definition) is 0. The third-order valence-electron chi connectivity index (χ3n) is 3.91. The molecule has 6 nitrogen and oxygen atoms in total. The molecule has 1 fully saturated rings. The summed E-state index contributed by atoms with van der Waals surface area (Å²) in [4.78, 5) is 19.0. The van der Waals surface area contributed by atoms with E-state index in [1.54, 1.807) is 15.8 Å². The van der Waals surface area contributed by atoms with E-state index in [1.807, 2.05) is 37.5 Å². The van der Waals surface area contributed by atoms with E-state index in [-0.39, 0.29) is 11.2 Å². The SMILES string of the molecule is Cn1cc(N2CCCC(Sc3nc4ccccc4o3)C2=O)cn1. The van der Waals surface area contributed by atoms with Crippen LogP contribution < -0.4 is 4.90 Å². The number of amides is 1. The summed E-state index contributed by atoms with van der Waals surface area (Å²) >= 11 is 1.41. The number of nitrogens with zero attached hydrogens (tertiary/aromatic N) is 4. The van der Waals surface area contributed by atoms with Crippen LogP contribution in [0.15, 0.2) is 46.3 Å². The molecular weight excluding hydrogens is 312 g/mol. The van der Waals surface area contributed by atoms with Gasteiger partial charge < -0.3 is 9.32 Å². The van der Waals surface area contributed by atoms with Crippen LogP contribution in [-0.2, 0) is 11.8 Å². The van der Waals surface area contributed by atoms with E-state index >= 15 is 0 Å². The monoisotopic (exact) mass is 328 g/mol. The zero-order valence-corrected chi connectivity index (χ0v) is 13.5. The van der Waals surface area contributed by atoms with Crippen molar-refractivity contribution >= 4 is 34.5 Å². The van der Waals surface area contributed by atoms with Crippen LogP contribution in [0.4, 0.5) is 5.69 Å². The summed E-state index contributed by atoms with van der Waals surface area (Å²) in [6, 6.07) is 7.64. The summed E-state index contributed by atoms with van der Waals surface area (Å²) in [5.74, 6) is 0.0940. The first-order valence-electron chi connectivity index (χ1n) is 7.53. The molecule has 1 amide bonds. The highest BCUT2D eigenvalue weighted by Gasteiger charge is 2.32. The molecule has 0 radical (unpaired) electrons. The summed E-state index contributed by atoms with van der Waals surface area (Å²) in [6.07, 6.45) is 5.38. The summed E-state index contributed by atoms with van der Waals surface area (Å²) < 4.78 is 7.44. The third-order valence-corrected chi connectivity index (χ3v) is 5.01. The number of hydrogen-bond acceptors (Lipinski definition) is 5. The lowest BCUT2D eigenvalue weighted by Gasteiger charge is -2.30. The van der Waals surface area contributed by atoms with Crippen LogP contribution in [0.3, 0.4) is 0 Å². The number of fused-ring (bicyclic) bond motifs is 1. The molecule has 1 aromatic carbocycles. The van der Waals surface area contributed by atoms with Gasteiger partial charge in [0.05, 0.1) is 17.1 Å². The molecular formula is C16H16N4O2S. The first-order valence-corrected chi connectivity index (χ1v) is 8.41. The smallest absolute Gasteiger partial charge is 0.257 e. The van der Waals surface area contributed by atoms with Crippen molar-refractivity contribution in [3.8, 4) is 0 Å². The Morgan fingerprint density at radius 2 is 2.22 bits per heavy atom. The van der Waals surface area contributed by atoms with Crippen LogP contribution in [0.2, 0.25) is 0 Å². The number of piperidine rings is 1. The lowest BCUT2D eigenvalue weighted by atomic mass is 10.1. The van der Waals surface area contributed by atoms with Crippen LogP contribution in [0.25, 0.3) is 11.1 Å². The Morgan fingerprint density at radius 3 is 3.00 bits per heavy atom. The standard InChI is InChI=1S/C16H16N4O2S/c1-19-10-11(9-17-19)20-8-4-7-14(15(20)21)23-16-18-12-5-2-3-6-13(12)22-16/h2-3,5-6,9-10,14H,4,7-8H2,1H3. The lowest BCUT2D eigenvalue weighted by Crippen LogP contribution is -2.42. The Balaban J connectivity index is 1.55. The van der Waals surface area contributed by atoms with Gasteiger partial charge in [0.1, 0.15) is 5.52 Å². The number of para-hydroxylation sites is 2. The van der Waals surface area contributed by atoms with Gasteiger partial charge in [-0.3, -0.25) is 9.48 Å². The number of carbonyl (C=O) groups excluding carboxylic acids is 1. The van der Waals surface area contributed by atoms with Crippen LogP contribution in [0.1, 0.15) is 12.8 Å². The second kappa shape index (κ2) is 5.73. The molecule has 3 aromatic rings. The molecule has 2 aromatic heterocycles. The van der Waals surface area contributed by atoms with Crippen LogP contribution in [0, 0.1) is 0 Å². The van der Waals surface area contributed by atoms with Crippen LogP contribution in [-0.4, -0.2) is 32.5 Å². The van der Waals surface area contributed by atoms with Gasteiger partial charge in [-0.25, -0.2) is 4.98 Å². The molecule has 0 spiro atoms. The quantitative estimate of drug-likeness (QED) is 0.740. The minimum absolute atomic E-state index is 0.0940. The van der Waals surface area contributed by atoms with Gasteiger partial charge in [0.2, 0.25) is 5.91 Å². The number of anilines is 1. The van der Waals surface area contributed by atoms with E-state index in [0.717, 1.165) is 36.2 Å². The van der Waals surface area contributed by atoms with Crippen molar-refractivity contribution in [2.45, 2.75) is 23.3 Å². The topological polar surface area (TPSA) is 64.2 Å². The van der Waals surface area contributed by atoms with Crippen molar-refractivity contribution < 1.29 is 9.21 Å². The first kappa shape index (κ1) is 14.3. The molecule has 1 aliphatic rings. The zero-order valence-electron chi connectivity index (χ0n) is 12.7. The van der Waals surface area contributed by atoms with E-state index in [1.165, 1.54) is 11.8 Å². The number of aryl methyl sites for hydroxylation is 1. The highest BCUT2D eigenvalue weighted by atomic mass is 32.2. The van der Waals surface area contributed by atoms with Gasteiger partial charge in [0.15, 0.2) is 5.58 Å². The van der Waals surface area contributed by atoms with Crippen LogP contribution in [0.5, 0.6) is 0 Å². The van der Waals surface area contributed by atoms with Gasteiger partial charge in [0.25, 0.3) is 5.22 Å². The number of rotatable bonds is 3. The van der Waals surface area contributed by atoms with Gasteiger partial charge in [-0.15, -0.1) is 0 Å². The van der Waals surface area contributed by atoms with Gasteiger partial charge in [-0.2, -0.15) is 5.10 Å². The van der Waals surface area contributed by atoms with Crippen molar-refractivity contribution in [2.75, 3.05) is 11.4 Å². The van der Waals surface area contributed by atoms with Gasteiger partial charge in [0, 0.05) is 19.8 Å². The van der Waals surface area contributed by atoms with Gasteiger partial charge in [-0.1, -0.05) is 23.9 Å². The predicted octanol–water partition coefficient (Wildman–Crippen LogP) is 2.85. The molecule has 1 unspecified atom stereocenters. The fourth-order valence-electron chi connectivity index (χ4n) is 2.78. The second-order valence-corrected chi connectivity index (χ2v) is 6.71. The molecule has 3 heterocycles. The van der Waals surface area contributed by atoms with E-state index in [4.69, 9.17) is 4.42 Å². The van der Waals surface area contributed by atoms with Crippen molar-refractivity contribution in [1.82, 2.24) is 14.8 Å². The van der Waals surface area contributed by atoms with E-state index < -0.39 is 0 Å². The Morgan fingerprint density at radius 1 is 1.35 bits per heavy atom. The summed E-state index contributed by atoms with van der Waals surface area (Å²) in [7, 11) is 1.85. The number of thioether (sulfide) groups is 1. The molecule has 0 aliphatic carbocycles. The van der Waals surface area contributed by atoms with Gasteiger partial charge in [-0.05, 0) is 25.0 Å². The zero-order chi connectivity index (χ0) is 15.8. The molecule has 0 N–H and O–H groups in total. The highest BCUT2D eigenvalue weighted by Crippen LogP contribution is 2.33. The largest absolute Gasteiger partial charge is 0.431 e. The Hall–Kier alpha value is -2.28. The van der Waals surface area contributed by atoms with Crippen molar-refractivity contribution in [3.05, 3.63) is 36.7 Å². The number of aromatic nitrogens is 3. The van der Waals surface area contributed by atoms with Crippen molar-refractivity contribution in [2.24, 2.45) is 7.05 Å². The Labute approximate surface area is 137 Å².